The molecule has 0 aliphatic heterocycles. The Morgan fingerprint density at radius 2 is 1.93 bits per heavy atom. The van der Waals surface area contributed by atoms with Crippen LogP contribution in [0.15, 0.2) is 0 Å². The molecule has 0 rings (SSSR count). The molecule has 0 saturated carbocycles. The summed E-state index contributed by atoms with van der Waals surface area (Å²) in [5.41, 5.74) is 5.36. The fourth-order valence-electron chi connectivity index (χ4n) is 1.44. The van der Waals surface area contributed by atoms with Crippen LogP contribution in [-0.4, -0.2) is 30.4 Å². The third-order valence-corrected chi connectivity index (χ3v) is 2.56. The minimum Gasteiger partial charge on any atom is -0.388 e. The highest BCUT2D eigenvalue weighted by atomic mass is 15.1. The van der Waals surface area contributed by atoms with Gasteiger partial charge in [0.25, 0.3) is 0 Å². The van der Waals surface area contributed by atoms with Crippen LogP contribution in [0.5, 0.6) is 0 Å². The molecule has 0 heterocycles. The molecule has 0 fully saturated rings. The summed E-state index contributed by atoms with van der Waals surface area (Å²) in [6.07, 6.45) is 3.19. The second-order valence-electron chi connectivity index (χ2n) is 4.60. The molecule has 0 aromatic rings. The highest BCUT2D eigenvalue weighted by molar-refractivity contribution is 5.77. The van der Waals surface area contributed by atoms with E-state index in [0.717, 1.165) is 12.5 Å². The number of nitrogens with zero attached hydrogens (tertiary/aromatic N) is 1. The Hall–Kier alpha value is -0.570. The minimum atomic E-state index is 0.285. The van der Waals surface area contributed by atoms with Crippen LogP contribution < -0.4 is 5.73 Å². The number of rotatable bonds is 7. The maximum Gasteiger partial charge on any atom is 0.0920 e. The molecule has 0 amide bonds. The fraction of sp³-hybridized carbons (Fsp3) is 0.909. The number of nitrogens with one attached hydrogen (secondary N) is 1. The molecule has 0 aliphatic rings. The standard InChI is InChI=1S/C11H25N3/c1-9(2)6-5-7-14(4)10(3)8-11(12)13/h9-10H,5-8H2,1-4H3,(H3,12,13). The molecule has 1 unspecified atom stereocenters. The number of amidine groups is 1. The normalized spacial score (nSPS) is 13.6. The van der Waals surface area contributed by atoms with Crippen LogP contribution in [0.25, 0.3) is 0 Å². The first-order chi connectivity index (χ1) is 6.43. The Morgan fingerprint density at radius 3 is 2.36 bits per heavy atom. The van der Waals surface area contributed by atoms with Gasteiger partial charge in [-0.3, -0.25) is 5.41 Å². The van der Waals surface area contributed by atoms with E-state index in [9.17, 15) is 0 Å². The summed E-state index contributed by atoms with van der Waals surface area (Å²) < 4.78 is 0. The summed E-state index contributed by atoms with van der Waals surface area (Å²) >= 11 is 0. The topological polar surface area (TPSA) is 53.1 Å². The first kappa shape index (κ1) is 13.4. The van der Waals surface area contributed by atoms with Crippen LogP contribution in [0, 0.1) is 11.3 Å². The van der Waals surface area contributed by atoms with E-state index in [1.54, 1.807) is 0 Å². The maximum absolute atomic E-state index is 7.21. The Morgan fingerprint density at radius 1 is 1.36 bits per heavy atom. The van der Waals surface area contributed by atoms with Crippen LogP contribution in [-0.2, 0) is 0 Å². The Balaban J connectivity index is 3.61. The van der Waals surface area contributed by atoms with Gasteiger partial charge in [-0.15, -0.1) is 0 Å². The second-order valence-corrected chi connectivity index (χ2v) is 4.60. The lowest BCUT2D eigenvalue weighted by atomic mass is 10.1. The average Bonchev–Trinajstić information content (AvgIpc) is 2.01. The molecule has 0 radical (unpaired) electrons. The van der Waals surface area contributed by atoms with Gasteiger partial charge in [0.2, 0.25) is 0 Å². The van der Waals surface area contributed by atoms with Gasteiger partial charge >= 0.3 is 0 Å². The molecule has 0 bridgehead atoms. The summed E-state index contributed by atoms with van der Waals surface area (Å²) in [5.74, 6) is 1.07. The average molecular weight is 199 g/mol. The summed E-state index contributed by atoms with van der Waals surface area (Å²) in [4.78, 5) is 2.28. The molecule has 1 atom stereocenters. The van der Waals surface area contributed by atoms with Crippen molar-refractivity contribution in [1.29, 1.82) is 5.41 Å². The summed E-state index contributed by atoms with van der Waals surface area (Å²) in [7, 11) is 2.11. The molecular weight excluding hydrogens is 174 g/mol. The van der Waals surface area contributed by atoms with Crippen molar-refractivity contribution in [3.63, 3.8) is 0 Å². The number of hydrogen-bond acceptors (Lipinski definition) is 2. The third-order valence-electron chi connectivity index (χ3n) is 2.56. The first-order valence-electron chi connectivity index (χ1n) is 5.46. The van der Waals surface area contributed by atoms with E-state index in [1.807, 2.05) is 0 Å². The highest BCUT2D eigenvalue weighted by Gasteiger charge is 2.09. The first-order valence-corrected chi connectivity index (χ1v) is 5.46. The molecule has 0 aliphatic carbocycles. The lowest BCUT2D eigenvalue weighted by Crippen LogP contribution is -2.33. The Labute approximate surface area is 88.2 Å². The van der Waals surface area contributed by atoms with E-state index in [4.69, 9.17) is 11.1 Å². The molecule has 0 aromatic heterocycles. The minimum absolute atomic E-state index is 0.285. The molecule has 3 nitrogen and oxygen atoms in total. The Kier molecular flexibility index (Phi) is 6.54. The van der Waals surface area contributed by atoms with Gasteiger partial charge in [0.1, 0.15) is 0 Å². The molecular formula is C11H25N3. The summed E-state index contributed by atoms with van der Waals surface area (Å²) in [5, 5.41) is 7.21. The lowest BCUT2D eigenvalue weighted by molar-refractivity contribution is 0.253. The lowest BCUT2D eigenvalue weighted by Gasteiger charge is -2.24. The zero-order valence-corrected chi connectivity index (χ0v) is 10.0. The molecule has 3 heteroatoms. The van der Waals surface area contributed by atoms with Gasteiger partial charge in [-0.25, -0.2) is 0 Å². The number of nitrogens with two attached hydrogens (primary N) is 1. The number of hydrogen-bond donors (Lipinski definition) is 2. The SMILES string of the molecule is CC(C)CCCN(C)C(C)CC(=N)N. The van der Waals surface area contributed by atoms with Gasteiger partial charge in [-0.2, -0.15) is 0 Å². The highest BCUT2D eigenvalue weighted by Crippen LogP contribution is 2.07. The van der Waals surface area contributed by atoms with Crippen LogP contribution in [0.1, 0.15) is 40.0 Å². The van der Waals surface area contributed by atoms with Gasteiger partial charge in [-0.1, -0.05) is 13.8 Å². The fourth-order valence-corrected chi connectivity index (χ4v) is 1.44. The van der Waals surface area contributed by atoms with Crippen LogP contribution in [0.2, 0.25) is 0 Å². The monoisotopic (exact) mass is 199 g/mol. The van der Waals surface area contributed by atoms with E-state index < -0.39 is 0 Å². The molecule has 0 saturated heterocycles. The Bertz CT molecular complexity index is 166. The van der Waals surface area contributed by atoms with Crippen LogP contribution in [0.4, 0.5) is 0 Å². The van der Waals surface area contributed by atoms with Crippen molar-refractivity contribution in [2.75, 3.05) is 13.6 Å². The zero-order chi connectivity index (χ0) is 11.1. The van der Waals surface area contributed by atoms with Gasteiger partial charge in [0.15, 0.2) is 0 Å². The van der Waals surface area contributed by atoms with Crippen molar-refractivity contribution in [3.05, 3.63) is 0 Å². The quantitative estimate of drug-likeness (QED) is 0.487. The maximum atomic E-state index is 7.21. The van der Waals surface area contributed by atoms with E-state index in [-0.39, 0.29) is 5.84 Å². The van der Waals surface area contributed by atoms with E-state index >= 15 is 0 Å². The largest absolute Gasteiger partial charge is 0.388 e. The third kappa shape index (κ3) is 6.89. The van der Waals surface area contributed by atoms with Gasteiger partial charge in [0, 0.05) is 12.5 Å². The van der Waals surface area contributed by atoms with Crippen molar-refractivity contribution in [3.8, 4) is 0 Å². The van der Waals surface area contributed by atoms with Crippen molar-refractivity contribution >= 4 is 5.84 Å². The van der Waals surface area contributed by atoms with Crippen molar-refractivity contribution in [2.45, 2.75) is 46.1 Å². The van der Waals surface area contributed by atoms with E-state index in [0.29, 0.717) is 12.5 Å². The van der Waals surface area contributed by atoms with E-state index in [2.05, 4.69) is 32.7 Å². The van der Waals surface area contributed by atoms with E-state index in [1.165, 1.54) is 12.8 Å². The van der Waals surface area contributed by atoms with Crippen LogP contribution >= 0.6 is 0 Å². The molecule has 84 valence electrons. The summed E-state index contributed by atoms with van der Waals surface area (Å²) in [6.45, 7) is 7.72. The van der Waals surface area contributed by atoms with Gasteiger partial charge < -0.3 is 10.6 Å². The van der Waals surface area contributed by atoms with Gasteiger partial charge in [-0.05, 0) is 39.3 Å². The molecule has 0 spiro atoms. The van der Waals surface area contributed by atoms with Crippen LogP contribution in [0.3, 0.4) is 0 Å². The second kappa shape index (κ2) is 6.82. The molecule has 0 aromatic carbocycles. The predicted molar refractivity (Wildman–Crippen MR) is 62.7 cm³/mol. The van der Waals surface area contributed by atoms with Gasteiger partial charge in [0.05, 0.1) is 5.84 Å². The zero-order valence-electron chi connectivity index (χ0n) is 10.0. The predicted octanol–water partition coefficient (Wildman–Crippen LogP) is 2.07. The smallest absolute Gasteiger partial charge is 0.0920 e. The van der Waals surface area contributed by atoms with Crippen molar-refractivity contribution < 1.29 is 0 Å². The van der Waals surface area contributed by atoms with Crippen molar-refractivity contribution in [1.82, 2.24) is 4.90 Å². The molecule has 14 heavy (non-hydrogen) atoms. The van der Waals surface area contributed by atoms with Crippen molar-refractivity contribution in [2.24, 2.45) is 11.7 Å². The molecule has 3 N–H and O–H groups in total. The summed E-state index contributed by atoms with van der Waals surface area (Å²) in [6, 6.07) is 0.389.